The van der Waals surface area contributed by atoms with Crippen molar-refractivity contribution >= 4 is 17.8 Å². The van der Waals surface area contributed by atoms with E-state index in [2.05, 4.69) is 17.9 Å². The smallest absolute Gasteiger partial charge is 0.409 e. The first-order valence-electron chi connectivity index (χ1n) is 7.93. The highest BCUT2D eigenvalue weighted by molar-refractivity contribution is 6.03. The Labute approximate surface area is 148 Å². The summed E-state index contributed by atoms with van der Waals surface area (Å²) >= 11 is 0. The second kappa shape index (κ2) is 15.6. The highest BCUT2D eigenvalue weighted by Gasteiger charge is 2.34. The van der Waals surface area contributed by atoms with Crippen LogP contribution in [0, 0.1) is 5.92 Å². The summed E-state index contributed by atoms with van der Waals surface area (Å²) in [6.45, 7) is 13.3. The first-order chi connectivity index (χ1) is 11.9. The van der Waals surface area contributed by atoms with E-state index >= 15 is 0 Å². The lowest BCUT2D eigenvalue weighted by molar-refractivity contribution is -0.142. The number of carbonyl (C=O) groups is 3. The zero-order chi connectivity index (χ0) is 19.8. The van der Waals surface area contributed by atoms with Crippen LogP contribution in [0.5, 0.6) is 0 Å². The molecule has 1 fully saturated rings. The van der Waals surface area contributed by atoms with Crippen LogP contribution in [0.1, 0.15) is 27.2 Å². The van der Waals surface area contributed by atoms with Crippen LogP contribution in [0.2, 0.25) is 0 Å². The van der Waals surface area contributed by atoms with Crippen LogP contribution < -0.4 is 5.48 Å². The van der Waals surface area contributed by atoms with Crippen LogP contribution >= 0.6 is 0 Å². The van der Waals surface area contributed by atoms with Gasteiger partial charge < -0.3 is 19.1 Å². The number of nitrogens with zero attached hydrogens (tertiary/aromatic N) is 1. The molecule has 0 aromatic carbocycles. The fourth-order valence-corrected chi connectivity index (χ4v) is 1.98. The minimum absolute atomic E-state index is 0.0370. The second-order valence-corrected chi connectivity index (χ2v) is 4.65. The summed E-state index contributed by atoms with van der Waals surface area (Å²) in [4.78, 5) is 34.7. The predicted molar refractivity (Wildman–Crippen MR) is 91.0 cm³/mol. The second-order valence-electron chi connectivity index (χ2n) is 4.65. The number of ketones is 1. The number of hydrogen-bond acceptors (Lipinski definition) is 7. The number of piperidine rings is 1. The highest BCUT2D eigenvalue weighted by atomic mass is 16.7. The fourth-order valence-electron chi connectivity index (χ4n) is 1.98. The Hall–Kier alpha value is -1.97. The average molecular weight is 362 g/mol. The molecule has 0 radical (unpaired) electrons. The van der Waals surface area contributed by atoms with Crippen LogP contribution in [0.3, 0.4) is 0 Å². The van der Waals surface area contributed by atoms with Gasteiger partial charge in [-0.05, 0) is 27.2 Å². The third-order valence-electron chi connectivity index (χ3n) is 3.09. The van der Waals surface area contributed by atoms with Gasteiger partial charge in [0.2, 0.25) is 0 Å². The molecule has 2 amide bonds. The van der Waals surface area contributed by atoms with Crippen LogP contribution in [0.25, 0.3) is 0 Å². The summed E-state index contributed by atoms with van der Waals surface area (Å²) in [5.41, 5.74) is 1.43. The van der Waals surface area contributed by atoms with Crippen LogP contribution in [0.4, 0.5) is 4.79 Å². The maximum absolute atomic E-state index is 11.4. The van der Waals surface area contributed by atoms with Crippen molar-refractivity contribution in [3.63, 3.8) is 0 Å². The van der Waals surface area contributed by atoms with Crippen molar-refractivity contribution in [3.8, 4) is 0 Å². The minimum Gasteiger partial charge on any atom is -0.453 e. The van der Waals surface area contributed by atoms with Crippen molar-refractivity contribution in [1.82, 2.24) is 10.4 Å². The topological polar surface area (TPSA) is 114 Å². The summed E-state index contributed by atoms with van der Waals surface area (Å²) in [7, 11) is 1.22. The zero-order valence-electron chi connectivity index (χ0n) is 15.4. The van der Waals surface area contributed by atoms with E-state index in [-0.39, 0.29) is 25.8 Å². The number of amides is 2. The molecule has 146 valence electrons. The number of hydroxylamine groups is 1. The number of ether oxygens (including phenoxy) is 3. The van der Waals surface area contributed by atoms with Gasteiger partial charge in [-0.1, -0.05) is 0 Å². The number of methoxy groups -OCH3 is 1. The van der Waals surface area contributed by atoms with Crippen molar-refractivity contribution in [3.05, 3.63) is 13.2 Å². The molecular formula is C16H30N2O7. The molecule has 0 aromatic heterocycles. The number of Topliss-reactive ketones (excluding diaryl/α,β-unsaturated/α-hetero) is 1. The lowest BCUT2D eigenvalue weighted by atomic mass is 9.95. The molecule has 1 aliphatic rings. The van der Waals surface area contributed by atoms with Crippen LogP contribution in [-0.4, -0.2) is 67.6 Å². The van der Waals surface area contributed by atoms with Gasteiger partial charge in [-0.15, -0.1) is 13.2 Å². The monoisotopic (exact) mass is 362 g/mol. The third-order valence-corrected chi connectivity index (χ3v) is 3.09. The third kappa shape index (κ3) is 10.5. The standard InChI is InChI=1S/C8H12N2O5.C6H14O2.C2H4/c1-15-8(13)10-3-2-5(6(11)4-10)7(12)9-14;1-4-7-6(3)8-5-2;1-2/h5,14H,2-4H2,1H3,(H,9,12);6H,4-5H2,1-3H3;1-2H2. The fraction of sp³-hybridized carbons (Fsp3) is 0.688. The van der Waals surface area contributed by atoms with E-state index in [1.165, 1.54) is 17.5 Å². The Bertz CT molecular complexity index is 398. The van der Waals surface area contributed by atoms with Crippen LogP contribution in [-0.2, 0) is 23.8 Å². The Morgan fingerprint density at radius 1 is 1.32 bits per heavy atom. The summed E-state index contributed by atoms with van der Waals surface area (Å²) < 4.78 is 14.6. The largest absolute Gasteiger partial charge is 0.453 e. The van der Waals surface area contributed by atoms with Crippen molar-refractivity contribution in [2.75, 3.05) is 33.4 Å². The number of hydrogen-bond donors (Lipinski definition) is 2. The first-order valence-corrected chi connectivity index (χ1v) is 7.93. The van der Waals surface area contributed by atoms with Gasteiger partial charge >= 0.3 is 6.09 Å². The van der Waals surface area contributed by atoms with E-state index < -0.39 is 23.7 Å². The minimum atomic E-state index is -0.879. The van der Waals surface area contributed by atoms with E-state index in [9.17, 15) is 14.4 Å². The predicted octanol–water partition coefficient (Wildman–Crippen LogP) is 1.36. The Balaban J connectivity index is 0. The van der Waals surface area contributed by atoms with Gasteiger partial charge in [-0.3, -0.25) is 14.8 Å². The first kappa shape index (κ1) is 25.3. The van der Waals surface area contributed by atoms with Gasteiger partial charge in [0.15, 0.2) is 12.1 Å². The molecular weight excluding hydrogens is 332 g/mol. The van der Waals surface area contributed by atoms with Gasteiger partial charge in [0.1, 0.15) is 5.92 Å². The lowest BCUT2D eigenvalue weighted by Gasteiger charge is -2.28. The Morgan fingerprint density at radius 2 is 1.84 bits per heavy atom. The maximum atomic E-state index is 11.4. The van der Waals surface area contributed by atoms with Gasteiger partial charge in [-0.2, -0.15) is 0 Å². The van der Waals surface area contributed by atoms with Crippen molar-refractivity contribution in [2.24, 2.45) is 5.92 Å². The summed E-state index contributed by atoms with van der Waals surface area (Å²) in [5.74, 6) is -2.02. The number of nitrogens with one attached hydrogen (secondary N) is 1. The van der Waals surface area contributed by atoms with Gasteiger partial charge in [0.05, 0.1) is 13.7 Å². The maximum Gasteiger partial charge on any atom is 0.409 e. The zero-order valence-corrected chi connectivity index (χ0v) is 15.4. The van der Waals surface area contributed by atoms with E-state index in [0.29, 0.717) is 0 Å². The number of rotatable bonds is 5. The number of carbonyl (C=O) groups excluding carboxylic acids is 3. The van der Waals surface area contributed by atoms with E-state index in [1.54, 1.807) is 0 Å². The van der Waals surface area contributed by atoms with Gasteiger partial charge in [0, 0.05) is 19.8 Å². The molecule has 25 heavy (non-hydrogen) atoms. The molecule has 0 aliphatic carbocycles. The lowest BCUT2D eigenvalue weighted by Crippen LogP contribution is -2.48. The molecule has 0 bridgehead atoms. The quantitative estimate of drug-likeness (QED) is 0.249. The SMILES string of the molecule is C=C.CCOC(C)OCC.COC(=O)N1CCC(C(=O)NO)C(=O)C1. The van der Waals surface area contributed by atoms with Crippen LogP contribution in [0.15, 0.2) is 13.2 Å². The molecule has 0 aromatic rings. The summed E-state index contributed by atoms with van der Waals surface area (Å²) in [5, 5.41) is 8.37. The summed E-state index contributed by atoms with van der Waals surface area (Å²) in [6.07, 6.45) is -0.434. The molecule has 0 spiro atoms. The summed E-state index contributed by atoms with van der Waals surface area (Å²) in [6, 6.07) is 0. The Morgan fingerprint density at radius 3 is 2.20 bits per heavy atom. The van der Waals surface area contributed by atoms with Crippen molar-refractivity contribution < 1.29 is 33.8 Å². The molecule has 1 aliphatic heterocycles. The average Bonchev–Trinajstić information content (AvgIpc) is 2.63. The molecule has 1 saturated heterocycles. The molecule has 1 heterocycles. The van der Waals surface area contributed by atoms with E-state index in [4.69, 9.17) is 14.7 Å². The molecule has 9 nitrogen and oxygen atoms in total. The van der Waals surface area contributed by atoms with Gasteiger partial charge in [-0.25, -0.2) is 10.3 Å². The van der Waals surface area contributed by atoms with Crippen molar-refractivity contribution in [1.29, 1.82) is 0 Å². The normalized spacial score (nSPS) is 16.2. The molecule has 1 rings (SSSR count). The molecule has 1 atom stereocenters. The Kier molecular flexibility index (Phi) is 15.7. The molecule has 1 unspecified atom stereocenters. The molecule has 0 saturated carbocycles. The molecule has 9 heteroatoms. The molecule has 2 N–H and O–H groups in total. The van der Waals surface area contributed by atoms with E-state index in [0.717, 1.165) is 13.2 Å². The van der Waals surface area contributed by atoms with E-state index in [1.807, 2.05) is 20.8 Å². The number of likely N-dealkylation sites (tertiary alicyclic amines) is 1. The van der Waals surface area contributed by atoms with Gasteiger partial charge in [0.25, 0.3) is 5.91 Å². The highest BCUT2D eigenvalue weighted by Crippen LogP contribution is 2.14. The van der Waals surface area contributed by atoms with Crippen molar-refractivity contribution in [2.45, 2.75) is 33.5 Å².